The lowest BCUT2D eigenvalue weighted by atomic mass is 9.73. The number of hydrogen-bond acceptors (Lipinski definition) is 6. The summed E-state index contributed by atoms with van der Waals surface area (Å²) in [5.41, 5.74) is -0.691. The average Bonchev–Trinajstić information content (AvgIpc) is 3.64. The zero-order valence-corrected chi connectivity index (χ0v) is 25.0. The number of rotatable bonds is 6. The number of carbonyl (C=O) groups excluding carboxylic acids is 3. The Morgan fingerprint density at radius 3 is 2.60 bits per heavy atom. The SMILES string of the molecule is C[C@H]1[C@H](C)CCC[C@@H]1NC(=O)[C@@H]1N(C[C@@H]2COc3ccccc3O2)C(=O)[C@H]2[C@H](C(=O)Nc3ccc(Cl)cc3)[C@H]3C=C[C@@]12O3. The van der Waals surface area contributed by atoms with E-state index in [0.29, 0.717) is 34.0 Å². The molecule has 1 spiro atoms. The predicted molar refractivity (Wildman–Crippen MR) is 160 cm³/mol. The van der Waals surface area contributed by atoms with Crippen molar-refractivity contribution < 1.29 is 28.6 Å². The van der Waals surface area contributed by atoms with Crippen LogP contribution in [-0.2, 0) is 19.1 Å². The van der Waals surface area contributed by atoms with Crippen molar-refractivity contribution in [3.8, 4) is 11.5 Å². The number of likely N-dealkylation sites (tertiary alicyclic amines) is 1. The molecular weight excluding hydrogens is 570 g/mol. The van der Waals surface area contributed by atoms with Gasteiger partial charge >= 0.3 is 0 Å². The topological polar surface area (TPSA) is 106 Å². The average molecular weight is 606 g/mol. The van der Waals surface area contributed by atoms with Gasteiger partial charge in [-0.3, -0.25) is 14.4 Å². The number of anilines is 1. The van der Waals surface area contributed by atoms with Crippen LogP contribution >= 0.6 is 11.6 Å². The highest BCUT2D eigenvalue weighted by Crippen LogP contribution is 2.55. The van der Waals surface area contributed by atoms with E-state index in [4.69, 9.17) is 25.8 Å². The zero-order valence-electron chi connectivity index (χ0n) is 24.2. The van der Waals surface area contributed by atoms with Gasteiger partial charge in [0.15, 0.2) is 17.6 Å². The second-order valence-electron chi connectivity index (χ2n) is 12.6. The Labute approximate surface area is 255 Å². The highest BCUT2D eigenvalue weighted by atomic mass is 35.5. The third kappa shape index (κ3) is 4.77. The Morgan fingerprint density at radius 2 is 1.81 bits per heavy atom. The maximum Gasteiger partial charge on any atom is 0.246 e. The van der Waals surface area contributed by atoms with Crippen LogP contribution in [0.5, 0.6) is 11.5 Å². The number of amides is 3. The number of nitrogens with one attached hydrogen (secondary N) is 2. The fourth-order valence-electron chi connectivity index (χ4n) is 7.64. The van der Waals surface area contributed by atoms with Crippen molar-refractivity contribution in [1.29, 1.82) is 0 Å². The molecule has 4 aliphatic heterocycles. The monoisotopic (exact) mass is 605 g/mol. The zero-order chi connectivity index (χ0) is 29.9. The second-order valence-corrected chi connectivity index (χ2v) is 13.0. The van der Waals surface area contributed by atoms with Gasteiger partial charge in [-0.05, 0) is 54.7 Å². The van der Waals surface area contributed by atoms with E-state index in [9.17, 15) is 14.4 Å². The highest BCUT2D eigenvalue weighted by Gasteiger charge is 2.73. The van der Waals surface area contributed by atoms with Crippen LogP contribution in [0, 0.1) is 23.7 Å². The Kier molecular flexibility index (Phi) is 7.13. The molecule has 9 atom stereocenters. The van der Waals surface area contributed by atoms with Crippen LogP contribution in [0.15, 0.2) is 60.7 Å². The van der Waals surface area contributed by atoms with Crippen molar-refractivity contribution in [2.24, 2.45) is 23.7 Å². The summed E-state index contributed by atoms with van der Waals surface area (Å²) in [6.45, 7) is 4.74. The number of halogens is 1. The first-order valence-corrected chi connectivity index (χ1v) is 15.6. The van der Waals surface area contributed by atoms with E-state index in [1.54, 1.807) is 29.2 Å². The predicted octanol–water partition coefficient (Wildman–Crippen LogP) is 4.21. The first-order chi connectivity index (χ1) is 20.7. The Hall–Kier alpha value is -3.56. The van der Waals surface area contributed by atoms with Gasteiger partial charge in [0.2, 0.25) is 17.7 Å². The molecule has 3 amide bonds. The van der Waals surface area contributed by atoms with Crippen LogP contribution in [0.1, 0.15) is 33.1 Å². The maximum atomic E-state index is 14.4. The Bertz CT molecular complexity index is 1460. The summed E-state index contributed by atoms with van der Waals surface area (Å²) < 4.78 is 18.6. The molecular formula is C33H36ClN3O6. The van der Waals surface area contributed by atoms with Gasteiger partial charge in [-0.15, -0.1) is 0 Å². The van der Waals surface area contributed by atoms with Crippen LogP contribution in [0.4, 0.5) is 5.69 Å². The van der Waals surface area contributed by atoms with Gasteiger partial charge < -0.3 is 29.7 Å². The van der Waals surface area contributed by atoms with E-state index < -0.39 is 35.7 Å². The number of para-hydroxylation sites is 2. The first kappa shape index (κ1) is 28.2. The lowest BCUT2D eigenvalue weighted by molar-refractivity contribution is -0.143. The number of carbonyl (C=O) groups is 3. The summed E-state index contributed by atoms with van der Waals surface area (Å²) in [6, 6.07) is 13.2. The van der Waals surface area contributed by atoms with Gasteiger partial charge in [0, 0.05) is 16.8 Å². The first-order valence-electron chi connectivity index (χ1n) is 15.2. The van der Waals surface area contributed by atoms with Gasteiger partial charge in [-0.25, -0.2) is 0 Å². The minimum atomic E-state index is -1.26. The van der Waals surface area contributed by atoms with Crippen molar-refractivity contribution in [1.82, 2.24) is 10.2 Å². The molecule has 10 heteroatoms. The molecule has 2 bridgehead atoms. The Balaban J connectivity index is 1.19. The second kappa shape index (κ2) is 10.9. The molecule has 9 nitrogen and oxygen atoms in total. The van der Waals surface area contributed by atoms with Gasteiger partial charge in [0.1, 0.15) is 18.2 Å². The van der Waals surface area contributed by atoms with E-state index in [0.717, 1.165) is 19.3 Å². The van der Waals surface area contributed by atoms with Crippen molar-refractivity contribution in [2.45, 2.75) is 63.0 Å². The van der Waals surface area contributed by atoms with Crippen molar-refractivity contribution in [2.75, 3.05) is 18.5 Å². The summed E-state index contributed by atoms with van der Waals surface area (Å²) in [6.07, 6.45) is 5.59. The molecule has 3 fully saturated rings. The lowest BCUT2D eigenvalue weighted by Crippen LogP contribution is -2.59. The molecule has 0 unspecified atom stereocenters. The molecule has 0 aromatic heterocycles. The van der Waals surface area contributed by atoms with Crippen molar-refractivity contribution in [3.05, 3.63) is 65.7 Å². The van der Waals surface area contributed by atoms with Gasteiger partial charge in [-0.2, -0.15) is 0 Å². The fraction of sp³-hybridized carbons (Fsp3) is 0.485. The number of ether oxygens (including phenoxy) is 3. The summed E-state index contributed by atoms with van der Waals surface area (Å²) >= 11 is 6.03. The van der Waals surface area contributed by atoms with Gasteiger partial charge in [0.25, 0.3) is 0 Å². The molecule has 5 aliphatic rings. The third-order valence-corrected chi connectivity index (χ3v) is 10.3. The van der Waals surface area contributed by atoms with Gasteiger partial charge in [-0.1, -0.05) is 62.6 Å². The summed E-state index contributed by atoms with van der Waals surface area (Å²) in [7, 11) is 0. The molecule has 226 valence electrons. The molecule has 1 saturated carbocycles. The minimum Gasteiger partial charge on any atom is -0.486 e. The van der Waals surface area contributed by atoms with E-state index in [2.05, 4.69) is 24.5 Å². The number of benzene rings is 2. The maximum absolute atomic E-state index is 14.4. The largest absolute Gasteiger partial charge is 0.486 e. The van der Waals surface area contributed by atoms with Crippen LogP contribution in [0.3, 0.4) is 0 Å². The van der Waals surface area contributed by atoms with Crippen molar-refractivity contribution in [3.63, 3.8) is 0 Å². The van der Waals surface area contributed by atoms with E-state index in [1.807, 2.05) is 36.4 Å². The molecule has 1 aliphatic carbocycles. The molecule has 2 N–H and O–H groups in total. The molecule has 43 heavy (non-hydrogen) atoms. The molecule has 0 radical (unpaired) electrons. The molecule has 2 aromatic rings. The normalized spacial score (nSPS) is 35.5. The minimum absolute atomic E-state index is 0.00336. The fourth-order valence-corrected chi connectivity index (χ4v) is 7.77. The number of nitrogens with zero attached hydrogens (tertiary/aromatic N) is 1. The van der Waals surface area contributed by atoms with Crippen LogP contribution in [0.2, 0.25) is 5.02 Å². The lowest BCUT2D eigenvalue weighted by Gasteiger charge is -2.38. The number of hydrogen-bond donors (Lipinski definition) is 2. The van der Waals surface area contributed by atoms with E-state index in [-0.39, 0.29) is 36.9 Å². The molecule has 2 aromatic carbocycles. The van der Waals surface area contributed by atoms with Crippen molar-refractivity contribution >= 4 is 35.0 Å². The van der Waals surface area contributed by atoms with Crippen LogP contribution < -0.4 is 20.1 Å². The number of fused-ring (bicyclic) bond motifs is 2. The highest BCUT2D eigenvalue weighted by molar-refractivity contribution is 6.30. The molecule has 4 heterocycles. The van der Waals surface area contributed by atoms with Crippen LogP contribution in [0.25, 0.3) is 0 Å². The summed E-state index contributed by atoms with van der Waals surface area (Å²) in [5.74, 6) is -0.530. The quantitative estimate of drug-likeness (QED) is 0.478. The van der Waals surface area contributed by atoms with Crippen LogP contribution in [-0.4, -0.2) is 65.7 Å². The smallest absolute Gasteiger partial charge is 0.246 e. The standard InChI is InChI=1S/C33H36ClN3O6/c1-18-6-5-7-23(19(18)2)36-31(39)29-33-15-14-26(43-33)27(30(38)35-21-12-10-20(34)11-13-21)28(33)32(40)37(29)16-22-17-41-24-8-3-4-9-25(24)42-22/h3-4,8-15,18-19,22-23,26-29H,5-7,16-17H2,1-2H3,(H,35,38)(H,36,39)/t18-,19+,22-,23+,26-,27-,28-,29+,33+/m1/s1. The van der Waals surface area contributed by atoms with E-state index in [1.165, 1.54) is 0 Å². The third-order valence-electron chi connectivity index (χ3n) is 10.0. The summed E-state index contributed by atoms with van der Waals surface area (Å²) in [4.78, 5) is 43.9. The molecule has 2 saturated heterocycles. The van der Waals surface area contributed by atoms with E-state index >= 15 is 0 Å². The Morgan fingerprint density at radius 1 is 1.05 bits per heavy atom. The molecule has 7 rings (SSSR count). The summed E-state index contributed by atoms with van der Waals surface area (Å²) in [5, 5.41) is 6.77. The van der Waals surface area contributed by atoms with Gasteiger partial charge in [0.05, 0.1) is 24.5 Å².